The first-order valence-corrected chi connectivity index (χ1v) is 6.91. The third kappa shape index (κ3) is 3.41. The summed E-state index contributed by atoms with van der Waals surface area (Å²) < 4.78 is 0. The smallest absolute Gasteiger partial charge is 0.0558 e. The highest BCUT2D eigenvalue weighted by Crippen LogP contribution is 2.26. The molecule has 100 valence electrons. The van der Waals surface area contributed by atoms with Gasteiger partial charge in [-0.3, -0.25) is 9.80 Å². The summed E-state index contributed by atoms with van der Waals surface area (Å²) in [7, 11) is 0. The zero-order chi connectivity index (χ0) is 12.3. The second kappa shape index (κ2) is 5.65. The molecule has 0 aliphatic carbocycles. The van der Waals surface area contributed by atoms with E-state index in [0.717, 1.165) is 32.7 Å². The average molecular weight is 241 g/mol. The molecule has 0 spiro atoms. The number of piperazine rings is 1. The van der Waals surface area contributed by atoms with Crippen LogP contribution in [0.25, 0.3) is 0 Å². The molecule has 2 heterocycles. The van der Waals surface area contributed by atoms with Crippen molar-refractivity contribution < 1.29 is 5.11 Å². The van der Waals surface area contributed by atoms with Crippen LogP contribution >= 0.6 is 0 Å². The topological polar surface area (TPSA) is 38.7 Å². The fourth-order valence-corrected chi connectivity index (χ4v) is 3.22. The maximum absolute atomic E-state index is 9.01. The Morgan fingerprint density at radius 2 is 2.24 bits per heavy atom. The number of nitrogens with one attached hydrogen (secondary N) is 1. The Hall–Kier alpha value is -0.160. The van der Waals surface area contributed by atoms with Crippen LogP contribution in [0.2, 0.25) is 0 Å². The van der Waals surface area contributed by atoms with E-state index in [1.165, 1.54) is 19.5 Å². The van der Waals surface area contributed by atoms with Crippen molar-refractivity contribution >= 4 is 0 Å². The molecule has 17 heavy (non-hydrogen) atoms. The molecule has 2 saturated heterocycles. The Kier molecular flexibility index (Phi) is 4.42. The average Bonchev–Trinajstić information content (AvgIpc) is 2.69. The molecule has 0 bridgehead atoms. The monoisotopic (exact) mass is 241 g/mol. The SMILES string of the molecule is CC1CN(CC2(C)CCNC2)CCN1CCO. The molecule has 0 aromatic heterocycles. The van der Waals surface area contributed by atoms with E-state index in [0.29, 0.717) is 11.5 Å². The minimum absolute atomic E-state index is 0.284. The number of rotatable bonds is 4. The molecule has 0 saturated carbocycles. The number of hydrogen-bond acceptors (Lipinski definition) is 4. The second-order valence-electron chi connectivity index (χ2n) is 6.08. The number of nitrogens with zero attached hydrogens (tertiary/aromatic N) is 2. The first-order valence-electron chi connectivity index (χ1n) is 6.91. The van der Waals surface area contributed by atoms with Gasteiger partial charge in [-0.1, -0.05) is 6.92 Å². The predicted octanol–water partition coefficient (Wildman–Crippen LogP) is -0.0156. The Morgan fingerprint density at radius 1 is 1.41 bits per heavy atom. The highest BCUT2D eigenvalue weighted by Gasteiger charge is 2.33. The maximum atomic E-state index is 9.01. The van der Waals surface area contributed by atoms with Crippen LogP contribution < -0.4 is 5.32 Å². The van der Waals surface area contributed by atoms with Gasteiger partial charge in [0.05, 0.1) is 6.61 Å². The van der Waals surface area contributed by atoms with Crippen LogP contribution in [0.4, 0.5) is 0 Å². The third-order valence-electron chi connectivity index (χ3n) is 4.30. The molecular weight excluding hydrogens is 214 g/mol. The molecule has 4 heteroatoms. The van der Waals surface area contributed by atoms with E-state index in [9.17, 15) is 0 Å². The van der Waals surface area contributed by atoms with Crippen LogP contribution in [0, 0.1) is 5.41 Å². The molecule has 4 nitrogen and oxygen atoms in total. The largest absolute Gasteiger partial charge is 0.395 e. The highest BCUT2D eigenvalue weighted by molar-refractivity contribution is 4.89. The summed E-state index contributed by atoms with van der Waals surface area (Å²) in [5.74, 6) is 0. The molecule has 2 N–H and O–H groups in total. The van der Waals surface area contributed by atoms with E-state index in [-0.39, 0.29) is 6.61 Å². The van der Waals surface area contributed by atoms with Crippen LogP contribution in [0.3, 0.4) is 0 Å². The lowest BCUT2D eigenvalue weighted by molar-refractivity contribution is 0.0487. The summed E-state index contributed by atoms with van der Waals surface area (Å²) in [6, 6.07) is 0.578. The predicted molar refractivity (Wildman–Crippen MR) is 70.2 cm³/mol. The normalized spacial score (nSPS) is 36.5. The van der Waals surface area contributed by atoms with Gasteiger partial charge in [-0.15, -0.1) is 0 Å². The Balaban J connectivity index is 1.80. The minimum Gasteiger partial charge on any atom is -0.395 e. The molecular formula is C13H27N3O. The highest BCUT2D eigenvalue weighted by atomic mass is 16.3. The molecule has 2 aliphatic heterocycles. The molecule has 0 amide bonds. The Morgan fingerprint density at radius 3 is 2.82 bits per heavy atom. The van der Waals surface area contributed by atoms with E-state index in [1.54, 1.807) is 0 Å². The summed E-state index contributed by atoms with van der Waals surface area (Å²) in [5.41, 5.74) is 0.471. The van der Waals surface area contributed by atoms with E-state index < -0.39 is 0 Å². The van der Waals surface area contributed by atoms with Gasteiger partial charge in [0.15, 0.2) is 0 Å². The van der Waals surface area contributed by atoms with Gasteiger partial charge >= 0.3 is 0 Å². The Labute approximate surface area is 105 Å². The van der Waals surface area contributed by atoms with Crippen molar-refractivity contribution in [2.75, 3.05) is 52.4 Å². The third-order valence-corrected chi connectivity index (χ3v) is 4.30. The fourth-order valence-electron chi connectivity index (χ4n) is 3.22. The standard InChI is InChI=1S/C13H27N3O/c1-12-9-15(5-6-16(12)7-8-17)11-13(2)3-4-14-10-13/h12,14,17H,3-11H2,1-2H3. The fraction of sp³-hybridized carbons (Fsp3) is 1.00. The van der Waals surface area contributed by atoms with Crippen LogP contribution in [-0.2, 0) is 0 Å². The molecule has 0 aromatic rings. The van der Waals surface area contributed by atoms with Crippen molar-refractivity contribution in [2.24, 2.45) is 5.41 Å². The quantitative estimate of drug-likeness (QED) is 0.726. The van der Waals surface area contributed by atoms with Gasteiger partial charge in [0.1, 0.15) is 0 Å². The van der Waals surface area contributed by atoms with E-state index in [2.05, 4.69) is 29.0 Å². The number of hydrogen-bond donors (Lipinski definition) is 2. The van der Waals surface area contributed by atoms with E-state index in [4.69, 9.17) is 5.11 Å². The van der Waals surface area contributed by atoms with Gasteiger partial charge in [0.25, 0.3) is 0 Å². The summed E-state index contributed by atoms with van der Waals surface area (Å²) in [6.07, 6.45) is 1.30. The van der Waals surface area contributed by atoms with Crippen molar-refractivity contribution in [3.8, 4) is 0 Å². The van der Waals surface area contributed by atoms with Crippen LogP contribution in [-0.4, -0.2) is 73.4 Å². The van der Waals surface area contributed by atoms with Crippen LogP contribution in [0.1, 0.15) is 20.3 Å². The van der Waals surface area contributed by atoms with Gasteiger partial charge in [0.2, 0.25) is 0 Å². The molecule has 0 radical (unpaired) electrons. The minimum atomic E-state index is 0.284. The van der Waals surface area contributed by atoms with Crippen molar-refractivity contribution in [1.29, 1.82) is 0 Å². The second-order valence-corrected chi connectivity index (χ2v) is 6.08. The number of β-amino-alcohol motifs (C(OH)–C–C–N with tert-alkyl or cyclic N) is 1. The van der Waals surface area contributed by atoms with Gasteiger partial charge in [0, 0.05) is 45.3 Å². The molecule has 2 fully saturated rings. The first-order chi connectivity index (χ1) is 8.13. The summed E-state index contributed by atoms with van der Waals surface area (Å²) in [4.78, 5) is 5.00. The lowest BCUT2D eigenvalue weighted by Crippen LogP contribution is -2.54. The Bertz CT molecular complexity index is 241. The molecule has 2 atom stereocenters. The van der Waals surface area contributed by atoms with Crippen LogP contribution in [0.5, 0.6) is 0 Å². The van der Waals surface area contributed by atoms with Gasteiger partial charge in [-0.05, 0) is 25.3 Å². The van der Waals surface area contributed by atoms with Crippen LogP contribution in [0.15, 0.2) is 0 Å². The number of aliphatic hydroxyl groups excluding tert-OH is 1. The van der Waals surface area contributed by atoms with Gasteiger partial charge < -0.3 is 10.4 Å². The molecule has 2 aliphatic rings. The molecule has 2 unspecified atom stereocenters. The number of aliphatic hydroxyl groups is 1. The van der Waals surface area contributed by atoms with Crippen molar-refractivity contribution in [2.45, 2.75) is 26.3 Å². The van der Waals surface area contributed by atoms with Crippen molar-refractivity contribution in [3.63, 3.8) is 0 Å². The lowest BCUT2D eigenvalue weighted by atomic mass is 9.89. The zero-order valence-electron chi connectivity index (χ0n) is 11.3. The molecule has 0 aromatic carbocycles. The zero-order valence-corrected chi connectivity index (χ0v) is 11.3. The lowest BCUT2D eigenvalue weighted by Gasteiger charge is -2.42. The molecule has 2 rings (SSSR count). The summed E-state index contributed by atoms with van der Waals surface area (Å²) in [5, 5.41) is 12.5. The van der Waals surface area contributed by atoms with E-state index in [1.807, 2.05) is 0 Å². The maximum Gasteiger partial charge on any atom is 0.0558 e. The van der Waals surface area contributed by atoms with Gasteiger partial charge in [-0.2, -0.15) is 0 Å². The van der Waals surface area contributed by atoms with Crippen molar-refractivity contribution in [3.05, 3.63) is 0 Å². The summed E-state index contributed by atoms with van der Waals surface area (Å²) in [6.45, 7) is 12.8. The first kappa shape index (κ1) is 13.3. The van der Waals surface area contributed by atoms with E-state index >= 15 is 0 Å². The van der Waals surface area contributed by atoms with Gasteiger partial charge in [-0.25, -0.2) is 0 Å². The summed E-state index contributed by atoms with van der Waals surface area (Å²) >= 11 is 0. The van der Waals surface area contributed by atoms with Crippen molar-refractivity contribution in [1.82, 2.24) is 15.1 Å².